The number of nitrogens with one attached hydrogen (secondary N) is 2. The number of ether oxygens (including phenoxy) is 2. The fourth-order valence-electron chi connectivity index (χ4n) is 2.84. The van der Waals surface area contributed by atoms with Crippen molar-refractivity contribution in [2.75, 3.05) is 24.0 Å². The van der Waals surface area contributed by atoms with E-state index in [0.717, 1.165) is 23.7 Å². The van der Waals surface area contributed by atoms with Gasteiger partial charge in [0.1, 0.15) is 5.82 Å². The van der Waals surface area contributed by atoms with Crippen molar-refractivity contribution in [3.63, 3.8) is 0 Å². The molecule has 0 bridgehead atoms. The van der Waals surface area contributed by atoms with Gasteiger partial charge in [0.05, 0.1) is 11.9 Å². The Kier molecular flexibility index (Phi) is 5.30. The molecule has 2 heterocycles. The van der Waals surface area contributed by atoms with E-state index in [9.17, 15) is 4.79 Å². The van der Waals surface area contributed by atoms with Crippen LogP contribution in [0.4, 0.5) is 11.5 Å². The van der Waals surface area contributed by atoms with Gasteiger partial charge in [-0.25, -0.2) is 4.98 Å². The molecule has 0 fully saturated rings. The van der Waals surface area contributed by atoms with Crippen LogP contribution in [-0.4, -0.2) is 24.2 Å². The van der Waals surface area contributed by atoms with E-state index >= 15 is 0 Å². The molecule has 3 aromatic rings. The Hall–Kier alpha value is -3.25. The van der Waals surface area contributed by atoms with E-state index in [1.807, 2.05) is 30.3 Å². The third-order valence-electron chi connectivity index (χ3n) is 4.27. The standard InChI is InChI=1S/C21H18ClN3O3/c22-16-3-1-2-14(10-16)8-9-23-17-5-7-20(24-12-17)25-21(26)15-4-6-18-19(11-15)28-13-27-18/h1-7,10-12,23H,8-9,13H2,(H,24,25,26). The van der Waals surface area contributed by atoms with Crippen LogP contribution in [0.5, 0.6) is 11.5 Å². The summed E-state index contributed by atoms with van der Waals surface area (Å²) in [5.41, 5.74) is 2.53. The molecule has 1 aromatic heterocycles. The van der Waals surface area contributed by atoms with E-state index in [2.05, 4.69) is 15.6 Å². The minimum Gasteiger partial charge on any atom is -0.454 e. The summed E-state index contributed by atoms with van der Waals surface area (Å²) in [4.78, 5) is 16.7. The zero-order chi connectivity index (χ0) is 19.3. The maximum Gasteiger partial charge on any atom is 0.256 e. The lowest BCUT2D eigenvalue weighted by Gasteiger charge is -2.08. The van der Waals surface area contributed by atoms with Gasteiger partial charge < -0.3 is 20.1 Å². The van der Waals surface area contributed by atoms with Crippen molar-refractivity contribution in [3.8, 4) is 11.5 Å². The van der Waals surface area contributed by atoms with Crippen LogP contribution in [0.25, 0.3) is 0 Å². The third-order valence-corrected chi connectivity index (χ3v) is 4.51. The molecule has 7 heteroatoms. The number of carbonyl (C=O) groups is 1. The first-order valence-electron chi connectivity index (χ1n) is 8.83. The van der Waals surface area contributed by atoms with Gasteiger partial charge >= 0.3 is 0 Å². The number of halogens is 1. The van der Waals surface area contributed by atoms with Gasteiger partial charge in [-0.2, -0.15) is 0 Å². The number of anilines is 2. The molecule has 2 aromatic carbocycles. The van der Waals surface area contributed by atoms with Crippen molar-refractivity contribution in [2.45, 2.75) is 6.42 Å². The molecule has 0 saturated heterocycles. The molecule has 28 heavy (non-hydrogen) atoms. The van der Waals surface area contributed by atoms with Crippen LogP contribution in [0.3, 0.4) is 0 Å². The topological polar surface area (TPSA) is 72.5 Å². The highest BCUT2D eigenvalue weighted by atomic mass is 35.5. The van der Waals surface area contributed by atoms with Crippen LogP contribution in [-0.2, 0) is 6.42 Å². The van der Waals surface area contributed by atoms with Gasteiger partial charge in [0.15, 0.2) is 11.5 Å². The van der Waals surface area contributed by atoms with E-state index in [1.54, 1.807) is 30.5 Å². The summed E-state index contributed by atoms with van der Waals surface area (Å²) < 4.78 is 10.5. The molecular weight excluding hydrogens is 378 g/mol. The maximum atomic E-state index is 12.4. The van der Waals surface area contributed by atoms with Gasteiger partial charge in [-0.15, -0.1) is 0 Å². The van der Waals surface area contributed by atoms with Crippen LogP contribution in [0.15, 0.2) is 60.8 Å². The molecule has 0 atom stereocenters. The van der Waals surface area contributed by atoms with Crippen LogP contribution in [0, 0.1) is 0 Å². The average Bonchev–Trinajstić information content (AvgIpc) is 3.17. The molecule has 1 aliphatic rings. The first kappa shape index (κ1) is 18.1. The fourth-order valence-corrected chi connectivity index (χ4v) is 3.06. The van der Waals surface area contributed by atoms with Crippen molar-refractivity contribution >= 4 is 29.0 Å². The fraction of sp³-hybridized carbons (Fsp3) is 0.143. The molecule has 1 aliphatic heterocycles. The molecule has 0 radical (unpaired) electrons. The number of carbonyl (C=O) groups excluding carboxylic acids is 1. The Morgan fingerprint density at radius 2 is 1.96 bits per heavy atom. The predicted octanol–water partition coefficient (Wildman–Crippen LogP) is 4.37. The van der Waals surface area contributed by atoms with Gasteiger partial charge in [0.2, 0.25) is 6.79 Å². The number of pyridine rings is 1. The molecule has 1 amide bonds. The maximum absolute atomic E-state index is 12.4. The number of fused-ring (bicyclic) bond motifs is 1. The highest BCUT2D eigenvalue weighted by Gasteiger charge is 2.16. The summed E-state index contributed by atoms with van der Waals surface area (Å²) in [7, 11) is 0. The number of benzene rings is 2. The zero-order valence-corrected chi connectivity index (χ0v) is 15.7. The van der Waals surface area contributed by atoms with Gasteiger partial charge in [0, 0.05) is 17.1 Å². The van der Waals surface area contributed by atoms with Crippen molar-refractivity contribution in [2.24, 2.45) is 0 Å². The Balaban J connectivity index is 1.31. The number of amides is 1. The average molecular weight is 396 g/mol. The van der Waals surface area contributed by atoms with Crippen LogP contribution in [0.2, 0.25) is 5.02 Å². The second kappa shape index (κ2) is 8.19. The van der Waals surface area contributed by atoms with E-state index < -0.39 is 0 Å². The molecule has 6 nitrogen and oxygen atoms in total. The van der Waals surface area contributed by atoms with Gasteiger partial charge in [-0.05, 0) is 54.4 Å². The lowest BCUT2D eigenvalue weighted by Crippen LogP contribution is -2.13. The van der Waals surface area contributed by atoms with Crippen LogP contribution < -0.4 is 20.1 Å². The molecular formula is C21H18ClN3O3. The highest BCUT2D eigenvalue weighted by molar-refractivity contribution is 6.30. The Labute approximate surface area is 167 Å². The quantitative estimate of drug-likeness (QED) is 0.648. The molecule has 0 aliphatic carbocycles. The monoisotopic (exact) mass is 395 g/mol. The Morgan fingerprint density at radius 3 is 2.79 bits per heavy atom. The molecule has 2 N–H and O–H groups in total. The molecule has 4 rings (SSSR count). The lowest BCUT2D eigenvalue weighted by molar-refractivity contribution is 0.102. The minimum atomic E-state index is -0.257. The molecule has 142 valence electrons. The number of aromatic nitrogens is 1. The van der Waals surface area contributed by atoms with Crippen molar-refractivity contribution in [1.29, 1.82) is 0 Å². The predicted molar refractivity (Wildman–Crippen MR) is 108 cm³/mol. The van der Waals surface area contributed by atoms with Crippen LogP contribution in [0.1, 0.15) is 15.9 Å². The summed E-state index contributed by atoms with van der Waals surface area (Å²) in [6.45, 7) is 0.929. The summed E-state index contributed by atoms with van der Waals surface area (Å²) >= 11 is 5.99. The van der Waals surface area contributed by atoms with Crippen molar-refractivity contribution in [3.05, 3.63) is 76.9 Å². The van der Waals surface area contributed by atoms with E-state index in [1.165, 1.54) is 5.56 Å². The van der Waals surface area contributed by atoms with E-state index in [0.29, 0.717) is 22.9 Å². The second-order valence-corrected chi connectivity index (χ2v) is 6.70. The van der Waals surface area contributed by atoms with Crippen LogP contribution >= 0.6 is 11.6 Å². The summed E-state index contributed by atoms with van der Waals surface area (Å²) in [6.07, 6.45) is 2.54. The van der Waals surface area contributed by atoms with Gasteiger partial charge in [-0.3, -0.25) is 4.79 Å². The molecule has 0 spiro atoms. The zero-order valence-electron chi connectivity index (χ0n) is 14.9. The normalized spacial score (nSPS) is 11.9. The van der Waals surface area contributed by atoms with E-state index in [4.69, 9.17) is 21.1 Å². The summed E-state index contributed by atoms with van der Waals surface area (Å²) in [6, 6.07) is 16.5. The SMILES string of the molecule is O=C(Nc1ccc(NCCc2cccc(Cl)c2)cn1)c1ccc2c(c1)OCO2. The summed E-state index contributed by atoms with van der Waals surface area (Å²) in [5, 5.41) is 6.82. The van der Waals surface area contributed by atoms with E-state index in [-0.39, 0.29) is 12.7 Å². The lowest BCUT2D eigenvalue weighted by atomic mass is 10.1. The number of hydrogen-bond acceptors (Lipinski definition) is 5. The van der Waals surface area contributed by atoms with Gasteiger partial charge in [0.25, 0.3) is 5.91 Å². The minimum absolute atomic E-state index is 0.174. The third kappa shape index (κ3) is 4.35. The first-order valence-corrected chi connectivity index (χ1v) is 9.20. The smallest absolute Gasteiger partial charge is 0.256 e. The van der Waals surface area contributed by atoms with Crippen molar-refractivity contribution in [1.82, 2.24) is 4.98 Å². The number of nitrogens with zero attached hydrogens (tertiary/aromatic N) is 1. The van der Waals surface area contributed by atoms with Crippen molar-refractivity contribution < 1.29 is 14.3 Å². The Bertz CT molecular complexity index is 992. The number of hydrogen-bond donors (Lipinski definition) is 2. The number of rotatable bonds is 6. The highest BCUT2D eigenvalue weighted by Crippen LogP contribution is 2.32. The Morgan fingerprint density at radius 1 is 1.07 bits per heavy atom. The molecule has 0 unspecified atom stereocenters. The van der Waals surface area contributed by atoms with Gasteiger partial charge in [-0.1, -0.05) is 23.7 Å². The first-order chi connectivity index (χ1) is 13.7. The second-order valence-electron chi connectivity index (χ2n) is 6.26. The largest absolute Gasteiger partial charge is 0.454 e. The molecule has 0 saturated carbocycles. The summed E-state index contributed by atoms with van der Waals surface area (Å²) in [5.74, 6) is 1.43.